The first-order valence-corrected chi connectivity index (χ1v) is 24.4. The topological polar surface area (TPSA) is 12.5 Å². The molecule has 0 atom stereocenters. The summed E-state index contributed by atoms with van der Waals surface area (Å²) in [5, 5.41) is 5.20. The van der Waals surface area contributed by atoms with Gasteiger partial charge in [0.2, 0.25) is 0 Å². The van der Waals surface area contributed by atoms with Crippen molar-refractivity contribution in [2.45, 2.75) is 5.41 Å². The van der Waals surface area contributed by atoms with E-state index in [0.29, 0.717) is 0 Å². The Hall–Kier alpha value is -8.50. The van der Waals surface area contributed by atoms with Gasteiger partial charge in [0.25, 0.3) is 0 Å². The lowest BCUT2D eigenvalue weighted by Crippen LogP contribution is -2.28. The molecule has 0 fully saturated rings. The minimum Gasteiger partial charge on any atom is -0.497 e. The van der Waals surface area contributed by atoms with E-state index in [4.69, 9.17) is 4.74 Å². The van der Waals surface area contributed by atoms with E-state index in [2.05, 4.69) is 248 Å². The van der Waals surface area contributed by atoms with Crippen LogP contribution in [-0.2, 0) is 5.41 Å². The molecule has 0 saturated heterocycles. The molecule has 1 aliphatic carbocycles. The Morgan fingerprint density at radius 1 is 0.362 bits per heavy atom. The lowest BCUT2D eigenvalue weighted by Gasteiger charge is -2.34. The van der Waals surface area contributed by atoms with Gasteiger partial charge in [-0.3, -0.25) is 0 Å². The summed E-state index contributed by atoms with van der Waals surface area (Å²) in [6.45, 7) is 0. The molecule has 11 aromatic carbocycles. The Balaban J connectivity index is 0.959. The van der Waals surface area contributed by atoms with Crippen LogP contribution < -0.4 is 9.64 Å². The zero-order valence-electron chi connectivity index (χ0n) is 38.0. The number of ether oxygens (including phenoxy) is 1. The van der Waals surface area contributed by atoms with E-state index in [0.717, 1.165) is 45.1 Å². The lowest BCUT2D eigenvalue weighted by atomic mass is 9.67. The molecule has 0 saturated carbocycles. The van der Waals surface area contributed by atoms with Crippen molar-refractivity contribution in [1.82, 2.24) is 0 Å². The van der Waals surface area contributed by atoms with Gasteiger partial charge in [0.1, 0.15) is 5.75 Å². The van der Waals surface area contributed by atoms with Crippen LogP contribution in [0.25, 0.3) is 75.5 Å². The Kier molecular flexibility index (Phi) is 9.85. The second-order valence-corrected chi connectivity index (χ2v) is 18.9. The summed E-state index contributed by atoms with van der Waals surface area (Å²) in [5.41, 5.74) is 17.5. The van der Waals surface area contributed by atoms with Crippen molar-refractivity contribution in [3.05, 3.63) is 277 Å². The van der Waals surface area contributed by atoms with Gasteiger partial charge in [-0.2, -0.15) is 0 Å². The number of nitrogens with zero attached hydrogens (tertiary/aromatic N) is 1. The van der Waals surface area contributed by atoms with Gasteiger partial charge in [-0.15, -0.1) is 11.3 Å². The Labute approximate surface area is 406 Å². The van der Waals surface area contributed by atoms with Crippen molar-refractivity contribution >= 4 is 59.3 Å². The highest BCUT2D eigenvalue weighted by Gasteiger charge is 2.46. The number of thiophene rings is 1. The number of methoxy groups -OCH3 is 1. The number of anilines is 3. The van der Waals surface area contributed by atoms with Crippen molar-refractivity contribution in [1.29, 1.82) is 0 Å². The molecule has 326 valence electrons. The predicted octanol–water partition coefficient (Wildman–Crippen LogP) is 18.1. The Bertz CT molecular complexity index is 3820. The molecule has 0 unspecified atom stereocenters. The molecule has 1 aromatic heterocycles. The summed E-state index contributed by atoms with van der Waals surface area (Å²) in [4.78, 5) is 2.42. The maximum Gasteiger partial charge on any atom is 0.118 e. The molecule has 0 spiro atoms. The summed E-state index contributed by atoms with van der Waals surface area (Å²) in [7, 11) is 1.71. The van der Waals surface area contributed by atoms with Crippen LogP contribution in [0.1, 0.15) is 22.3 Å². The smallest absolute Gasteiger partial charge is 0.118 e. The zero-order valence-corrected chi connectivity index (χ0v) is 38.8. The van der Waals surface area contributed by atoms with Gasteiger partial charge < -0.3 is 9.64 Å². The normalized spacial score (nSPS) is 12.5. The lowest BCUT2D eigenvalue weighted by molar-refractivity contribution is 0.415. The van der Waals surface area contributed by atoms with Gasteiger partial charge in [0, 0.05) is 37.1 Å². The summed E-state index contributed by atoms with van der Waals surface area (Å²) in [5.74, 6) is 0.847. The summed E-state index contributed by atoms with van der Waals surface area (Å²) < 4.78 is 8.13. The summed E-state index contributed by atoms with van der Waals surface area (Å²) >= 11 is 1.90. The van der Waals surface area contributed by atoms with Crippen molar-refractivity contribution in [2.75, 3.05) is 12.0 Å². The average molecular weight is 900 g/mol. The molecule has 0 radical (unpaired) electrons. The highest BCUT2D eigenvalue weighted by atomic mass is 32.1. The van der Waals surface area contributed by atoms with Crippen LogP contribution in [0.15, 0.2) is 255 Å². The van der Waals surface area contributed by atoms with Crippen LogP contribution in [0.4, 0.5) is 17.1 Å². The highest BCUT2D eigenvalue weighted by molar-refractivity contribution is 7.27. The molecule has 69 heavy (non-hydrogen) atoms. The van der Waals surface area contributed by atoms with Crippen LogP contribution in [0, 0.1) is 0 Å². The van der Waals surface area contributed by atoms with E-state index in [1.165, 1.54) is 75.5 Å². The molecular formula is C66H45NOS. The number of benzene rings is 11. The monoisotopic (exact) mass is 899 g/mol. The molecule has 13 rings (SSSR count). The van der Waals surface area contributed by atoms with Crippen molar-refractivity contribution in [3.8, 4) is 50.3 Å². The van der Waals surface area contributed by atoms with Crippen molar-refractivity contribution in [2.24, 2.45) is 0 Å². The zero-order chi connectivity index (χ0) is 45.9. The van der Waals surface area contributed by atoms with Gasteiger partial charge in [-0.1, -0.05) is 206 Å². The third-order valence-corrected chi connectivity index (χ3v) is 15.6. The molecule has 12 aromatic rings. The molecule has 3 heteroatoms. The first kappa shape index (κ1) is 40.7. The highest BCUT2D eigenvalue weighted by Crippen LogP contribution is 2.57. The van der Waals surface area contributed by atoms with Crippen LogP contribution in [-0.4, -0.2) is 7.11 Å². The standard InChI is InChI=1S/C66H45NOS/c1-68-53-39-31-45(32-40-53)44-27-35-51(36-28-44)67(52-37-29-47(30-38-52)56-23-14-24-58-59-41-33-46-15-8-9-21-55(46)65(59)69-64(56)58)63-26-13-11-20-54(63)48-34-42-62-60(43-48)57-22-10-12-25-61(57)66(62,49-16-4-2-5-17-49)50-18-6-3-7-19-50/h2-43H,1H3. The number of rotatable bonds is 9. The van der Waals surface area contributed by atoms with Gasteiger partial charge in [-0.25, -0.2) is 0 Å². The third-order valence-electron chi connectivity index (χ3n) is 14.3. The van der Waals surface area contributed by atoms with Crippen molar-refractivity contribution in [3.63, 3.8) is 0 Å². The van der Waals surface area contributed by atoms with Crippen LogP contribution in [0.3, 0.4) is 0 Å². The SMILES string of the molecule is COc1ccc(-c2ccc(N(c3ccc(-c4cccc5c4sc4c6ccccc6ccc54)cc3)c3ccccc3-c3ccc4c(c3)-c3ccccc3C4(c3ccccc3)c3ccccc3)cc2)cc1. The van der Waals surface area contributed by atoms with E-state index in [-0.39, 0.29) is 0 Å². The molecule has 0 N–H and O–H groups in total. The average Bonchev–Trinajstić information content (AvgIpc) is 3.96. The summed E-state index contributed by atoms with van der Waals surface area (Å²) in [6.07, 6.45) is 0. The maximum atomic E-state index is 5.47. The minimum atomic E-state index is -0.458. The number of hydrogen-bond donors (Lipinski definition) is 0. The third kappa shape index (κ3) is 6.61. The Morgan fingerprint density at radius 3 is 1.61 bits per heavy atom. The van der Waals surface area contributed by atoms with E-state index in [9.17, 15) is 0 Å². The van der Waals surface area contributed by atoms with Crippen LogP contribution >= 0.6 is 11.3 Å². The van der Waals surface area contributed by atoms with E-state index in [1.54, 1.807) is 7.11 Å². The molecule has 2 nitrogen and oxygen atoms in total. The van der Waals surface area contributed by atoms with Crippen molar-refractivity contribution < 1.29 is 4.74 Å². The van der Waals surface area contributed by atoms with E-state index in [1.807, 2.05) is 23.5 Å². The van der Waals surface area contributed by atoms with Gasteiger partial charge >= 0.3 is 0 Å². The molecule has 0 bridgehead atoms. The second kappa shape index (κ2) is 16.7. The van der Waals surface area contributed by atoms with E-state index < -0.39 is 5.41 Å². The van der Waals surface area contributed by atoms with Crippen LogP contribution in [0.5, 0.6) is 5.75 Å². The maximum absolute atomic E-state index is 5.47. The summed E-state index contributed by atoms with van der Waals surface area (Å²) in [6, 6.07) is 93.5. The second-order valence-electron chi connectivity index (χ2n) is 17.9. The molecule has 1 aliphatic rings. The predicted molar refractivity (Wildman–Crippen MR) is 292 cm³/mol. The quantitative estimate of drug-likeness (QED) is 0.143. The van der Waals surface area contributed by atoms with Crippen LogP contribution in [0.2, 0.25) is 0 Å². The van der Waals surface area contributed by atoms with Gasteiger partial charge in [-0.05, 0) is 121 Å². The molecule has 0 amide bonds. The fraction of sp³-hybridized carbons (Fsp3) is 0.0303. The van der Waals surface area contributed by atoms with Gasteiger partial charge in [0.05, 0.1) is 18.2 Å². The number of fused-ring (bicyclic) bond motifs is 8. The fourth-order valence-electron chi connectivity index (χ4n) is 11.1. The first-order chi connectivity index (χ1) is 34.2. The van der Waals surface area contributed by atoms with Gasteiger partial charge in [0.15, 0.2) is 0 Å². The molecular weight excluding hydrogens is 855 g/mol. The molecule has 0 aliphatic heterocycles. The first-order valence-electron chi connectivity index (χ1n) is 23.6. The Morgan fingerprint density at radius 2 is 0.899 bits per heavy atom. The van der Waals surface area contributed by atoms with E-state index >= 15 is 0 Å². The number of para-hydroxylation sites is 1. The minimum absolute atomic E-state index is 0.458. The number of hydrogen-bond acceptors (Lipinski definition) is 3. The largest absolute Gasteiger partial charge is 0.497 e. The fourth-order valence-corrected chi connectivity index (χ4v) is 12.5. The molecule has 1 heterocycles.